The van der Waals surface area contributed by atoms with E-state index in [9.17, 15) is 15.3 Å². The van der Waals surface area contributed by atoms with Gasteiger partial charge in [-0.25, -0.2) is 0 Å². The molecular formula is C29H32O5. The standard InChI is InChI=1S/C29H32O5/c1-17(2)7-6-11-29(5)12-10-21-23(15-20(30)16-26(21)34-29)25-14-19-13-24(31)27(32)22(28(19)33-25)9-8-18(3)4/h7-8,10,12-16,30-32H,6,9,11H2,1-5H3. The highest BCUT2D eigenvalue weighted by atomic mass is 16.5. The first-order valence-corrected chi connectivity index (χ1v) is 11.6. The van der Waals surface area contributed by atoms with Gasteiger partial charge in [0, 0.05) is 28.1 Å². The number of phenols is 3. The zero-order valence-electron chi connectivity index (χ0n) is 20.4. The van der Waals surface area contributed by atoms with E-state index in [2.05, 4.69) is 26.0 Å². The number of rotatable bonds is 6. The molecular weight excluding hydrogens is 428 g/mol. The molecule has 0 saturated carbocycles. The van der Waals surface area contributed by atoms with E-state index < -0.39 is 5.60 Å². The van der Waals surface area contributed by atoms with Crippen LogP contribution in [-0.4, -0.2) is 20.9 Å². The number of benzene rings is 2. The molecule has 0 bridgehead atoms. The zero-order chi connectivity index (χ0) is 24.6. The minimum absolute atomic E-state index is 0.0756. The fourth-order valence-electron chi connectivity index (χ4n) is 4.25. The van der Waals surface area contributed by atoms with Gasteiger partial charge in [0.2, 0.25) is 0 Å². The van der Waals surface area contributed by atoms with Crippen LogP contribution in [0.4, 0.5) is 0 Å². The Morgan fingerprint density at radius 2 is 1.71 bits per heavy atom. The maximum atomic E-state index is 10.5. The third-order valence-electron chi connectivity index (χ3n) is 6.10. The Morgan fingerprint density at radius 1 is 0.971 bits per heavy atom. The summed E-state index contributed by atoms with van der Waals surface area (Å²) in [6.45, 7) is 10.2. The van der Waals surface area contributed by atoms with Crippen LogP contribution in [0.3, 0.4) is 0 Å². The highest BCUT2D eigenvalue weighted by Crippen LogP contribution is 2.45. The fraction of sp³-hybridized carbons (Fsp3) is 0.310. The van der Waals surface area contributed by atoms with Crippen LogP contribution in [0.25, 0.3) is 28.4 Å². The molecule has 0 fully saturated rings. The van der Waals surface area contributed by atoms with E-state index in [1.807, 2.05) is 39.0 Å². The lowest BCUT2D eigenvalue weighted by molar-refractivity contribution is 0.128. The van der Waals surface area contributed by atoms with Crippen molar-refractivity contribution in [3.05, 3.63) is 64.8 Å². The summed E-state index contributed by atoms with van der Waals surface area (Å²) in [6.07, 6.45) is 10.4. The summed E-state index contributed by atoms with van der Waals surface area (Å²) in [7, 11) is 0. The molecule has 0 saturated heterocycles. The van der Waals surface area contributed by atoms with Gasteiger partial charge in [0.1, 0.15) is 28.4 Å². The van der Waals surface area contributed by atoms with Gasteiger partial charge < -0.3 is 24.5 Å². The van der Waals surface area contributed by atoms with Crippen LogP contribution in [-0.2, 0) is 6.42 Å². The first-order valence-electron chi connectivity index (χ1n) is 11.6. The van der Waals surface area contributed by atoms with E-state index in [4.69, 9.17) is 9.15 Å². The Morgan fingerprint density at radius 3 is 2.41 bits per heavy atom. The van der Waals surface area contributed by atoms with Crippen LogP contribution < -0.4 is 4.74 Å². The van der Waals surface area contributed by atoms with Crippen LogP contribution in [0.2, 0.25) is 0 Å². The summed E-state index contributed by atoms with van der Waals surface area (Å²) >= 11 is 0. The molecule has 3 N–H and O–H groups in total. The van der Waals surface area contributed by atoms with Gasteiger partial charge in [-0.1, -0.05) is 29.4 Å². The molecule has 1 unspecified atom stereocenters. The van der Waals surface area contributed by atoms with Crippen molar-refractivity contribution in [2.24, 2.45) is 0 Å². The van der Waals surface area contributed by atoms with Gasteiger partial charge in [-0.15, -0.1) is 0 Å². The van der Waals surface area contributed by atoms with Gasteiger partial charge in [-0.2, -0.15) is 0 Å². The van der Waals surface area contributed by atoms with Crippen molar-refractivity contribution >= 4 is 17.0 Å². The lowest BCUT2D eigenvalue weighted by Gasteiger charge is -2.32. The molecule has 1 atom stereocenters. The quantitative estimate of drug-likeness (QED) is 0.260. The third-order valence-corrected chi connectivity index (χ3v) is 6.10. The smallest absolute Gasteiger partial charge is 0.164 e. The molecule has 0 aliphatic carbocycles. The highest BCUT2D eigenvalue weighted by Gasteiger charge is 2.29. The van der Waals surface area contributed by atoms with Crippen molar-refractivity contribution in [1.82, 2.24) is 0 Å². The maximum absolute atomic E-state index is 10.5. The van der Waals surface area contributed by atoms with Crippen LogP contribution in [0.15, 0.2) is 58.1 Å². The number of aromatic hydroxyl groups is 3. The first-order chi connectivity index (χ1) is 16.1. The van der Waals surface area contributed by atoms with Gasteiger partial charge in [-0.3, -0.25) is 0 Å². The maximum Gasteiger partial charge on any atom is 0.164 e. The van der Waals surface area contributed by atoms with Crippen LogP contribution in [0.1, 0.15) is 58.6 Å². The molecule has 0 spiro atoms. The first kappa shape index (κ1) is 23.6. The predicted molar refractivity (Wildman–Crippen MR) is 137 cm³/mol. The monoisotopic (exact) mass is 460 g/mol. The molecule has 3 aromatic rings. The van der Waals surface area contributed by atoms with Gasteiger partial charge in [0.05, 0.1) is 0 Å². The molecule has 0 radical (unpaired) electrons. The van der Waals surface area contributed by atoms with Crippen LogP contribution in [0.5, 0.6) is 23.0 Å². The molecule has 5 heteroatoms. The van der Waals surface area contributed by atoms with Crippen molar-refractivity contribution in [2.45, 2.75) is 59.5 Å². The third kappa shape index (κ3) is 4.69. The number of furan rings is 1. The minimum Gasteiger partial charge on any atom is -0.508 e. The van der Waals surface area contributed by atoms with E-state index in [1.165, 1.54) is 11.6 Å². The average Bonchev–Trinajstić information content (AvgIpc) is 3.16. The molecule has 2 aromatic carbocycles. The number of fused-ring (bicyclic) bond motifs is 2. The lowest BCUT2D eigenvalue weighted by Crippen LogP contribution is -2.31. The molecule has 2 heterocycles. The second-order valence-electron chi connectivity index (χ2n) is 9.71. The molecule has 5 nitrogen and oxygen atoms in total. The predicted octanol–water partition coefficient (Wildman–Crippen LogP) is 7.64. The largest absolute Gasteiger partial charge is 0.508 e. The Kier molecular flexibility index (Phi) is 6.22. The van der Waals surface area contributed by atoms with Crippen LogP contribution >= 0.6 is 0 Å². The molecule has 34 heavy (non-hydrogen) atoms. The average molecular weight is 461 g/mol. The molecule has 1 aliphatic rings. The Labute approximate surface area is 200 Å². The Hall–Kier alpha value is -3.60. The van der Waals surface area contributed by atoms with Gasteiger partial charge >= 0.3 is 0 Å². The van der Waals surface area contributed by atoms with E-state index >= 15 is 0 Å². The molecule has 1 aromatic heterocycles. The van der Waals surface area contributed by atoms with Gasteiger partial charge in [-0.05, 0) is 78.2 Å². The molecule has 178 valence electrons. The number of hydrogen-bond acceptors (Lipinski definition) is 5. The summed E-state index contributed by atoms with van der Waals surface area (Å²) in [5.74, 6) is 0.816. The van der Waals surface area contributed by atoms with Gasteiger partial charge in [0.15, 0.2) is 11.5 Å². The lowest BCUT2D eigenvalue weighted by atomic mass is 9.92. The SMILES string of the molecule is CC(C)=CCCC1(C)C=Cc2c(cc(O)cc2-c2cc3cc(O)c(O)c(CC=C(C)C)c3o2)O1. The van der Waals surface area contributed by atoms with Crippen molar-refractivity contribution in [3.63, 3.8) is 0 Å². The Bertz CT molecular complexity index is 1330. The highest BCUT2D eigenvalue weighted by molar-refractivity contribution is 5.91. The molecule has 4 rings (SSSR count). The summed E-state index contributed by atoms with van der Waals surface area (Å²) in [6, 6.07) is 6.57. The molecule has 0 amide bonds. The molecule has 1 aliphatic heterocycles. The topological polar surface area (TPSA) is 83.1 Å². The number of ether oxygens (including phenoxy) is 1. The minimum atomic E-state index is -0.479. The number of hydrogen-bond donors (Lipinski definition) is 3. The second-order valence-corrected chi connectivity index (χ2v) is 9.71. The van der Waals surface area contributed by atoms with Crippen LogP contribution in [0, 0.1) is 0 Å². The fourth-order valence-corrected chi connectivity index (χ4v) is 4.25. The van der Waals surface area contributed by atoms with Crippen molar-refractivity contribution in [2.75, 3.05) is 0 Å². The second kappa shape index (κ2) is 8.98. The summed E-state index contributed by atoms with van der Waals surface area (Å²) in [5, 5.41) is 31.9. The van der Waals surface area contributed by atoms with Crippen molar-refractivity contribution in [3.8, 4) is 34.3 Å². The summed E-state index contributed by atoms with van der Waals surface area (Å²) in [4.78, 5) is 0. The summed E-state index contributed by atoms with van der Waals surface area (Å²) in [5.41, 5.74) is 4.42. The number of allylic oxidation sites excluding steroid dienone is 4. The van der Waals surface area contributed by atoms with E-state index in [0.717, 1.165) is 24.0 Å². The zero-order valence-corrected chi connectivity index (χ0v) is 20.4. The van der Waals surface area contributed by atoms with E-state index in [0.29, 0.717) is 40.0 Å². The Balaban J connectivity index is 1.78. The number of phenolic OH excluding ortho intramolecular Hbond substituents is 3. The normalized spacial score (nSPS) is 16.7. The van der Waals surface area contributed by atoms with Gasteiger partial charge in [0.25, 0.3) is 0 Å². The van der Waals surface area contributed by atoms with Crippen molar-refractivity contribution < 1.29 is 24.5 Å². The summed E-state index contributed by atoms with van der Waals surface area (Å²) < 4.78 is 12.5. The van der Waals surface area contributed by atoms with Crippen molar-refractivity contribution in [1.29, 1.82) is 0 Å². The van der Waals surface area contributed by atoms with E-state index in [1.54, 1.807) is 12.1 Å². The van der Waals surface area contributed by atoms with E-state index in [-0.39, 0.29) is 17.2 Å².